The predicted molar refractivity (Wildman–Crippen MR) is 62.1 cm³/mol. The molecule has 0 saturated heterocycles. The van der Waals surface area contributed by atoms with Gasteiger partial charge in [-0.3, -0.25) is 0 Å². The van der Waals surface area contributed by atoms with Gasteiger partial charge in [0.1, 0.15) is 16.9 Å². The molecular weight excluding hydrogens is 242 g/mol. The van der Waals surface area contributed by atoms with E-state index in [1.54, 1.807) is 12.3 Å². The number of aromatic nitrogens is 3. The molecule has 2 aromatic heterocycles. The maximum atomic E-state index is 8.82. The lowest BCUT2D eigenvalue weighted by atomic mass is 10.2. The molecular formula is C9H7N5S2. The summed E-state index contributed by atoms with van der Waals surface area (Å²) in [6.07, 6.45) is 1.56. The minimum Gasteiger partial charge on any atom is -0.395 e. The van der Waals surface area contributed by atoms with Gasteiger partial charge in [0.15, 0.2) is 4.34 Å². The van der Waals surface area contributed by atoms with Crippen LogP contribution in [0, 0.1) is 18.3 Å². The molecule has 0 aliphatic heterocycles. The number of hydrogen-bond acceptors (Lipinski definition) is 7. The molecule has 0 aromatic carbocycles. The minimum atomic E-state index is 0.392. The van der Waals surface area contributed by atoms with Gasteiger partial charge in [-0.1, -0.05) is 0 Å². The molecule has 0 aliphatic rings. The minimum absolute atomic E-state index is 0.392. The standard InChI is InChI=1S/C9H7N5S2/c1-5-13-9(16-14-5)15-8-7(11)6(4-10)2-3-12-8/h2-3H,11H2,1H3. The molecule has 0 spiro atoms. The van der Waals surface area contributed by atoms with Crippen LogP contribution in [0.5, 0.6) is 0 Å². The second-order valence-electron chi connectivity index (χ2n) is 2.90. The average molecular weight is 249 g/mol. The summed E-state index contributed by atoms with van der Waals surface area (Å²) in [6, 6.07) is 3.60. The first-order valence-electron chi connectivity index (χ1n) is 4.33. The first kappa shape index (κ1) is 10.9. The summed E-state index contributed by atoms with van der Waals surface area (Å²) < 4.78 is 4.83. The van der Waals surface area contributed by atoms with Crippen LogP contribution in [0.2, 0.25) is 0 Å². The van der Waals surface area contributed by atoms with Crippen LogP contribution in [0.15, 0.2) is 21.6 Å². The molecule has 2 N–H and O–H groups in total. The summed E-state index contributed by atoms with van der Waals surface area (Å²) in [5, 5.41) is 9.41. The van der Waals surface area contributed by atoms with Crippen LogP contribution in [0.4, 0.5) is 5.69 Å². The van der Waals surface area contributed by atoms with Crippen LogP contribution >= 0.6 is 23.3 Å². The van der Waals surface area contributed by atoms with Gasteiger partial charge in [0.05, 0.1) is 11.3 Å². The van der Waals surface area contributed by atoms with Gasteiger partial charge in [0, 0.05) is 6.20 Å². The van der Waals surface area contributed by atoms with Crippen molar-refractivity contribution in [2.24, 2.45) is 0 Å². The van der Waals surface area contributed by atoms with E-state index < -0.39 is 0 Å². The monoisotopic (exact) mass is 249 g/mol. The van der Waals surface area contributed by atoms with Crippen molar-refractivity contribution in [3.63, 3.8) is 0 Å². The van der Waals surface area contributed by atoms with Gasteiger partial charge >= 0.3 is 0 Å². The van der Waals surface area contributed by atoms with Crippen molar-refractivity contribution in [3.8, 4) is 6.07 Å². The summed E-state index contributed by atoms with van der Waals surface area (Å²) in [7, 11) is 0. The second-order valence-corrected chi connectivity index (χ2v) is 4.89. The zero-order valence-corrected chi connectivity index (χ0v) is 9.97. The highest BCUT2D eigenvalue weighted by Crippen LogP contribution is 2.32. The second kappa shape index (κ2) is 4.47. The number of nitrogens with zero attached hydrogens (tertiary/aromatic N) is 4. The van der Waals surface area contributed by atoms with E-state index in [9.17, 15) is 0 Å². The Morgan fingerprint density at radius 1 is 1.56 bits per heavy atom. The highest BCUT2D eigenvalue weighted by Gasteiger charge is 2.10. The number of anilines is 1. The number of nitrogens with two attached hydrogens (primary N) is 1. The van der Waals surface area contributed by atoms with Crippen LogP contribution in [0.1, 0.15) is 11.4 Å². The Morgan fingerprint density at radius 3 is 3.00 bits per heavy atom. The van der Waals surface area contributed by atoms with Crippen LogP contribution in [0.25, 0.3) is 0 Å². The molecule has 16 heavy (non-hydrogen) atoms. The van der Waals surface area contributed by atoms with Crippen molar-refractivity contribution < 1.29 is 0 Å². The third-order valence-electron chi connectivity index (χ3n) is 1.77. The van der Waals surface area contributed by atoms with Gasteiger partial charge < -0.3 is 5.73 Å². The Morgan fingerprint density at radius 2 is 2.38 bits per heavy atom. The van der Waals surface area contributed by atoms with Crippen molar-refractivity contribution in [3.05, 3.63) is 23.7 Å². The van der Waals surface area contributed by atoms with E-state index in [0.717, 1.165) is 10.2 Å². The molecule has 0 atom stereocenters. The van der Waals surface area contributed by atoms with Crippen LogP contribution in [0.3, 0.4) is 0 Å². The smallest absolute Gasteiger partial charge is 0.176 e. The van der Waals surface area contributed by atoms with Crippen molar-refractivity contribution in [1.82, 2.24) is 14.3 Å². The van der Waals surface area contributed by atoms with Crippen LogP contribution in [-0.4, -0.2) is 14.3 Å². The predicted octanol–water partition coefficient (Wildman–Crippen LogP) is 1.85. The molecule has 0 bridgehead atoms. The summed E-state index contributed by atoms with van der Waals surface area (Å²) >= 11 is 2.61. The van der Waals surface area contributed by atoms with Crippen LogP contribution in [-0.2, 0) is 0 Å². The van der Waals surface area contributed by atoms with Crippen LogP contribution < -0.4 is 5.73 Å². The van der Waals surface area contributed by atoms with E-state index in [1.807, 2.05) is 13.0 Å². The molecule has 0 fully saturated rings. The first-order valence-corrected chi connectivity index (χ1v) is 5.92. The van der Waals surface area contributed by atoms with Gasteiger partial charge in [-0.25, -0.2) is 9.97 Å². The number of rotatable bonds is 2. The average Bonchev–Trinajstić information content (AvgIpc) is 2.67. The molecule has 80 valence electrons. The highest BCUT2D eigenvalue weighted by molar-refractivity contribution is 8.01. The van der Waals surface area contributed by atoms with Gasteiger partial charge in [0.2, 0.25) is 0 Å². The fourth-order valence-electron chi connectivity index (χ4n) is 1.04. The van der Waals surface area contributed by atoms with Gasteiger partial charge in [-0.15, -0.1) is 0 Å². The van der Waals surface area contributed by atoms with E-state index in [-0.39, 0.29) is 0 Å². The fourth-order valence-corrected chi connectivity index (χ4v) is 2.63. The van der Waals surface area contributed by atoms with E-state index in [2.05, 4.69) is 14.3 Å². The number of aryl methyl sites for hydroxylation is 1. The Hall–Kier alpha value is -1.65. The van der Waals surface area contributed by atoms with Crippen molar-refractivity contribution in [1.29, 1.82) is 5.26 Å². The molecule has 2 heterocycles. The molecule has 7 heteroatoms. The Bertz CT molecular complexity index is 557. The molecule has 0 radical (unpaired) electrons. The quantitative estimate of drug-likeness (QED) is 0.873. The largest absolute Gasteiger partial charge is 0.395 e. The van der Waals surface area contributed by atoms with Crippen molar-refractivity contribution in [2.75, 3.05) is 5.73 Å². The lowest BCUT2D eigenvalue weighted by Crippen LogP contribution is -1.95. The lowest BCUT2D eigenvalue weighted by molar-refractivity contribution is 1.09. The zero-order chi connectivity index (χ0) is 11.5. The summed E-state index contributed by atoms with van der Waals surface area (Å²) in [5.74, 6) is 0.725. The Kier molecular flexibility index (Phi) is 3.03. The molecule has 0 aliphatic carbocycles. The highest BCUT2D eigenvalue weighted by atomic mass is 32.2. The molecule has 2 aromatic rings. The summed E-state index contributed by atoms with van der Waals surface area (Å²) in [6.45, 7) is 1.82. The van der Waals surface area contributed by atoms with E-state index in [4.69, 9.17) is 11.0 Å². The Balaban J connectivity index is 2.32. The zero-order valence-electron chi connectivity index (χ0n) is 8.34. The molecule has 2 rings (SSSR count). The molecule has 0 amide bonds. The maximum absolute atomic E-state index is 8.82. The van der Waals surface area contributed by atoms with Gasteiger partial charge in [-0.05, 0) is 36.3 Å². The number of nitrogen functional groups attached to an aromatic ring is 1. The van der Waals surface area contributed by atoms with E-state index in [0.29, 0.717) is 16.3 Å². The SMILES string of the molecule is Cc1nsc(Sc2nccc(C#N)c2N)n1. The van der Waals surface area contributed by atoms with E-state index >= 15 is 0 Å². The maximum Gasteiger partial charge on any atom is 0.176 e. The fraction of sp³-hybridized carbons (Fsp3) is 0.111. The third kappa shape index (κ3) is 2.13. The normalized spacial score (nSPS) is 10.0. The number of hydrogen-bond donors (Lipinski definition) is 1. The number of nitriles is 1. The molecule has 5 nitrogen and oxygen atoms in total. The van der Waals surface area contributed by atoms with Gasteiger partial charge in [-0.2, -0.15) is 9.64 Å². The summed E-state index contributed by atoms with van der Waals surface area (Å²) in [4.78, 5) is 8.31. The van der Waals surface area contributed by atoms with E-state index in [1.165, 1.54) is 23.3 Å². The summed E-state index contributed by atoms with van der Waals surface area (Å²) in [5.41, 5.74) is 6.62. The third-order valence-corrected chi connectivity index (χ3v) is 3.63. The first-order chi connectivity index (χ1) is 7.70. The Labute approximate surface area is 101 Å². The lowest BCUT2D eigenvalue weighted by Gasteiger charge is -2.02. The van der Waals surface area contributed by atoms with Crippen molar-refractivity contribution in [2.45, 2.75) is 16.3 Å². The van der Waals surface area contributed by atoms with Gasteiger partial charge in [0.25, 0.3) is 0 Å². The molecule has 0 saturated carbocycles. The van der Waals surface area contributed by atoms with Crippen molar-refractivity contribution >= 4 is 29.0 Å². The topological polar surface area (TPSA) is 88.5 Å². The molecule has 0 unspecified atom stereocenters. The number of pyridine rings is 1.